The zero-order chi connectivity index (χ0) is 23.2. The molecule has 2 aromatic rings. The van der Waals surface area contributed by atoms with E-state index in [1.54, 1.807) is 18.2 Å². The van der Waals surface area contributed by atoms with E-state index >= 15 is 0 Å². The molecule has 0 atom stereocenters. The Morgan fingerprint density at radius 1 is 1.12 bits per heavy atom. The van der Waals surface area contributed by atoms with E-state index in [2.05, 4.69) is 10.6 Å². The molecular formula is C26H25FN2O4. The van der Waals surface area contributed by atoms with Crippen LogP contribution in [0.15, 0.2) is 54.3 Å². The maximum Gasteiger partial charge on any atom is 0.260 e. The largest absolute Gasteiger partial charge is 0.482 e. The molecule has 0 bridgehead atoms. The van der Waals surface area contributed by atoms with Crippen molar-refractivity contribution in [2.45, 2.75) is 38.3 Å². The summed E-state index contributed by atoms with van der Waals surface area (Å²) in [5, 5.41) is 5.77. The van der Waals surface area contributed by atoms with Gasteiger partial charge in [-0.25, -0.2) is 4.39 Å². The van der Waals surface area contributed by atoms with Crippen molar-refractivity contribution >= 4 is 28.6 Å². The number of anilines is 1. The van der Waals surface area contributed by atoms with E-state index in [4.69, 9.17) is 9.47 Å². The first-order chi connectivity index (χ1) is 15.8. The van der Waals surface area contributed by atoms with Crippen molar-refractivity contribution in [2.75, 3.05) is 18.5 Å². The number of allylic oxidation sites excluding steroid dienone is 1. The predicted octanol–water partition coefficient (Wildman–Crippen LogP) is 4.29. The van der Waals surface area contributed by atoms with E-state index in [0.717, 1.165) is 24.0 Å². The molecule has 1 fully saturated rings. The molecule has 5 rings (SSSR count). The summed E-state index contributed by atoms with van der Waals surface area (Å²) in [5.74, 6) is -0.387. The number of rotatable bonds is 3. The Morgan fingerprint density at radius 3 is 2.58 bits per heavy atom. The Bertz CT molecular complexity index is 1190. The number of ether oxygens (including phenoxy) is 2. The number of fused-ring (bicyclic) bond motifs is 1. The molecule has 0 saturated carbocycles. The van der Waals surface area contributed by atoms with Crippen LogP contribution in [-0.4, -0.2) is 36.7 Å². The molecule has 3 aliphatic rings. The van der Waals surface area contributed by atoms with Crippen molar-refractivity contribution in [3.8, 4) is 0 Å². The number of carbonyl (C=O) groups excluding carboxylic acids is 2. The van der Waals surface area contributed by atoms with Gasteiger partial charge < -0.3 is 20.1 Å². The van der Waals surface area contributed by atoms with Gasteiger partial charge in [-0.2, -0.15) is 0 Å². The fraction of sp³-hybridized carbons (Fsp3) is 0.308. The predicted molar refractivity (Wildman–Crippen MR) is 123 cm³/mol. The Balaban J connectivity index is 1.42. The first-order valence-electron chi connectivity index (χ1n) is 11.1. The molecule has 0 radical (unpaired) electrons. The van der Waals surface area contributed by atoms with Crippen LogP contribution < -0.4 is 10.6 Å². The quantitative estimate of drug-likeness (QED) is 0.687. The third-order valence-corrected chi connectivity index (χ3v) is 6.28. The molecule has 2 N–H and O–H groups in total. The number of hydrogen-bond donors (Lipinski definition) is 2. The van der Waals surface area contributed by atoms with E-state index < -0.39 is 11.4 Å². The van der Waals surface area contributed by atoms with Gasteiger partial charge in [-0.05, 0) is 68.7 Å². The van der Waals surface area contributed by atoms with Gasteiger partial charge in [0.15, 0.2) is 0 Å². The second-order valence-electron chi connectivity index (χ2n) is 8.99. The molecule has 2 amide bonds. The van der Waals surface area contributed by atoms with Crippen LogP contribution in [0.4, 0.5) is 10.1 Å². The lowest BCUT2D eigenvalue weighted by molar-refractivity contribution is -0.111. The minimum Gasteiger partial charge on any atom is -0.482 e. The first-order valence-corrected chi connectivity index (χ1v) is 11.1. The molecule has 3 aliphatic heterocycles. The fourth-order valence-electron chi connectivity index (χ4n) is 4.52. The monoisotopic (exact) mass is 448 g/mol. The Kier molecular flexibility index (Phi) is 5.29. The van der Waals surface area contributed by atoms with E-state index in [-0.39, 0.29) is 17.9 Å². The lowest BCUT2D eigenvalue weighted by Crippen LogP contribution is -2.38. The van der Waals surface area contributed by atoms with Crippen LogP contribution >= 0.6 is 0 Å². The molecule has 3 heterocycles. The van der Waals surface area contributed by atoms with Crippen molar-refractivity contribution in [2.24, 2.45) is 0 Å². The molecule has 2 aromatic carbocycles. The summed E-state index contributed by atoms with van der Waals surface area (Å²) >= 11 is 0. The zero-order valence-corrected chi connectivity index (χ0v) is 18.5. The van der Waals surface area contributed by atoms with Crippen LogP contribution in [-0.2, 0) is 14.3 Å². The van der Waals surface area contributed by atoms with Crippen LogP contribution in [0, 0.1) is 5.82 Å². The average molecular weight is 448 g/mol. The number of carbonyl (C=O) groups is 2. The Labute approximate surface area is 191 Å². The van der Waals surface area contributed by atoms with Gasteiger partial charge in [0.1, 0.15) is 17.2 Å². The van der Waals surface area contributed by atoms with Gasteiger partial charge in [0.2, 0.25) is 0 Å². The van der Waals surface area contributed by atoms with E-state index in [9.17, 15) is 14.0 Å². The van der Waals surface area contributed by atoms with Gasteiger partial charge in [0.05, 0.1) is 11.3 Å². The highest BCUT2D eigenvalue weighted by Crippen LogP contribution is 2.44. The summed E-state index contributed by atoms with van der Waals surface area (Å²) in [6.45, 7) is 5.19. The van der Waals surface area contributed by atoms with Gasteiger partial charge >= 0.3 is 0 Å². The molecule has 0 unspecified atom stereocenters. The lowest BCUT2D eigenvalue weighted by Gasteiger charge is -2.24. The Hall–Kier alpha value is -3.45. The average Bonchev–Trinajstić information content (AvgIpc) is 3.28. The highest BCUT2D eigenvalue weighted by Gasteiger charge is 2.38. The number of amides is 2. The summed E-state index contributed by atoms with van der Waals surface area (Å²) in [5.41, 5.74) is 3.14. The van der Waals surface area contributed by atoms with Gasteiger partial charge in [0, 0.05) is 36.0 Å². The molecule has 7 heteroatoms. The van der Waals surface area contributed by atoms with Gasteiger partial charge in [-0.15, -0.1) is 0 Å². The third kappa shape index (κ3) is 4.04. The van der Waals surface area contributed by atoms with E-state index in [1.165, 1.54) is 12.1 Å². The fourth-order valence-corrected chi connectivity index (χ4v) is 4.52. The Morgan fingerprint density at radius 2 is 1.85 bits per heavy atom. The van der Waals surface area contributed by atoms with Crippen LogP contribution in [0.1, 0.15) is 48.2 Å². The second-order valence-corrected chi connectivity index (χ2v) is 8.99. The molecule has 1 saturated heterocycles. The molecule has 0 aromatic heterocycles. The highest BCUT2D eigenvalue weighted by atomic mass is 19.1. The van der Waals surface area contributed by atoms with Gasteiger partial charge in [0.25, 0.3) is 11.8 Å². The van der Waals surface area contributed by atoms with Crippen molar-refractivity contribution in [1.29, 1.82) is 0 Å². The summed E-state index contributed by atoms with van der Waals surface area (Å²) in [7, 11) is 0. The number of nitrogens with one attached hydrogen (secondary N) is 2. The van der Waals surface area contributed by atoms with Crippen molar-refractivity contribution in [1.82, 2.24) is 5.32 Å². The molecule has 6 nitrogen and oxygen atoms in total. The first kappa shape index (κ1) is 21.4. The van der Waals surface area contributed by atoms with Gasteiger partial charge in [-0.1, -0.05) is 12.1 Å². The van der Waals surface area contributed by atoms with E-state index in [0.29, 0.717) is 41.4 Å². The summed E-state index contributed by atoms with van der Waals surface area (Å²) in [6.07, 6.45) is 3.50. The van der Waals surface area contributed by atoms with Crippen molar-refractivity contribution in [3.63, 3.8) is 0 Å². The second kappa shape index (κ2) is 8.15. The molecule has 33 heavy (non-hydrogen) atoms. The van der Waals surface area contributed by atoms with Crippen molar-refractivity contribution < 1.29 is 23.5 Å². The van der Waals surface area contributed by atoms with Crippen molar-refractivity contribution in [3.05, 3.63) is 76.8 Å². The number of hydrogen-bond acceptors (Lipinski definition) is 4. The van der Waals surface area contributed by atoms with E-state index in [1.807, 2.05) is 32.1 Å². The number of benzene rings is 2. The summed E-state index contributed by atoms with van der Waals surface area (Å²) < 4.78 is 25.1. The minimum absolute atomic E-state index is 0.0985. The van der Waals surface area contributed by atoms with Crippen LogP contribution in [0.5, 0.6) is 0 Å². The molecule has 170 valence electrons. The topological polar surface area (TPSA) is 76.7 Å². The molecule has 0 spiro atoms. The SMILES string of the molecule is CC1(C)O/C(=C2/C(=O)Nc3cc(F)ccc32)C=C1c1ccc(C(=O)NC2CCOCC2)cc1. The normalized spacial score (nSPS) is 21.8. The zero-order valence-electron chi connectivity index (χ0n) is 18.5. The standard InChI is InChI=1S/C26H25FN2O4/c1-26(2)20(14-22(33-26)23-19-8-7-17(27)13-21(19)29-25(23)31)15-3-5-16(6-4-15)24(30)28-18-9-11-32-12-10-18/h3-8,13-14,18H,9-12H2,1-2H3,(H,28,30)(H,29,31)/b23-22+. The maximum absolute atomic E-state index is 13.6. The number of halogens is 1. The minimum atomic E-state index is -0.683. The molecular weight excluding hydrogens is 423 g/mol. The highest BCUT2D eigenvalue weighted by molar-refractivity contribution is 6.32. The molecule has 0 aliphatic carbocycles. The maximum atomic E-state index is 13.6. The van der Waals surface area contributed by atoms with Crippen LogP contribution in [0.25, 0.3) is 11.1 Å². The van der Waals surface area contributed by atoms with Crippen LogP contribution in [0.2, 0.25) is 0 Å². The van der Waals surface area contributed by atoms with Crippen LogP contribution in [0.3, 0.4) is 0 Å². The smallest absolute Gasteiger partial charge is 0.260 e. The summed E-state index contributed by atoms with van der Waals surface area (Å²) in [6, 6.07) is 11.7. The third-order valence-electron chi connectivity index (χ3n) is 6.28. The summed E-state index contributed by atoms with van der Waals surface area (Å²) in [4.78, 5) is 25.2. The van der Waals surface area contributed by atoms with Gasteiger partial charge in [-0.3, -0.25) is 9.59 Å². The lowest BCUT2D eigenvalue weighted by atomic mass is 9.91.